The van der Waals surface area contributed by atoms with Crippen LogP contribution >= 0.6 is 0 Å². The maximum atomic E-state index is 12.4. The van der Waals surface area contributed by atoms with Gasteiger partial charge in [-0.3, -0.25) is 4.79 Å². The molecule has 1 rings (SSSR count). The molecule has 0 saturated heterocycles. The van der Waals surface area contributed by atoms with Crippen LogP contribution in [0.5, 0.6) is 0 Å². The van der Waals surface area contributed by atoms with Crippen molar-refractivity contribution in [2.24, 2.45) is 23.7 Å². The lowest BCUT2D eigenvalue weighted by atomic mass is 9.69. The van der Waals surface area contributed by atoms with Crippen LogP contribution in [0.15, 0.2) is 0 Å². The highest BCUT2D eigenvalue weighted by Crippen LogP contribution is 2.38. The number of hydrogen-bond donors (Lipinski definition) is 1. The van der Waals surface area contributed by atoms with Crippen LogP contribution in [0, 0.1) is 23.7 Å². The maximum absolute atomic E-state index is 12.4. The van der Waals surface area contributed by atoms with Crippen LogP contribution in [0.25, 0.3) is 0 Å². The zero-order valence-electron chi connectivity index (χ0n) is 14.3. The lowest BCUT2D eigenvalue weighted by molar-refractivity contribution is -0.130. The molecule has 0 aromatic carbocycles. The molecular weight excluding hydrogens is 234 g/mol. The van der Waals surface area contributed by atoms with Crippen molar-refractivity contribution in [2.45, 2.75) is 80.2 Å². The number of rotatable bonds is 2. The molecule has 1 aliphatic rings. The zero-order valence-corrected chi connectivity index (χ0v) is 14.3. The van der Waals surface area contributed by atoms with Crippen LogP contribution in [0.2, 0.25) is 0 Å². The Bertz CT molecular complexity index is 265. The molecule has 1 N–H and O–H groups in total. The Kier molecular flexibility index (Phi) is 7.69. The quantitative estimate of drug-likeness (QED) is 0.777. The third-order valence-corrected chi connectivity index (χ3v) is 3.86. The molecule has 2 heteroatoms. The summed E-state index contributed by atoms with van der Waals surface area (Å²) in [6.07, 6.45) is 3.55. The fraction of sp³-hybridized carbons (Fsp3) is 0.941. The van der Waals surface area contributed by atoms with Crippen molar-refractivity contribution in [3.8, 4) is 0 Å². The minimum absolute atomic E-state index is 0.112. The summed E-state index contributed by atoms with van der Waals surface area (Å²) in [6, 6.07) is 0. The molecule has 0 heterocycles. The van der Waals surface area contributed by atoms with Gasteiger partial charge in [-0.05, 0) is 51.4 Å². The Morgan fingerprint density at radius 1 is 1.16 bits per heavy atom. The minimum atomic E-state index is -0.112. The van der Waals surface area contributed by atoms with Gasteiger partial charge in [0.2, 0.25) is 5.91 Å². The molecule has 114 valence electrons. The zero-order chi connectivity index (χ0) is 15.2. The molecule has 1 saturated carbocycles. The summed E-state index contributed by atoms with van der Waals surface area (Å²) in [5.74, 6) is 2.35. The number of carbonyl (C=O) groups excluding carboxylic acids is 1. The van der Waals surface area contributed by atoms with E-state index in [4.69, 9.17) is 0 Å². The summed E-state index contributed by atoms with van der Waals surface area (Å²) in [6.45, 7) is 16.9. The van der Waals surface area contributed by atoms with Gasteiger partial charge in [-0.15, -0.1) is 0 Å². The van der Waals surface area contributed by atoms with Crippen molar-refractivity contribution in [2.75, 3.05) is 0 Å². The van der Waals surface area contributed by atoms with Gasteiger partial charge in [0.05, 0.1) is 0 Å². The van der Waals surface area contributed by atoms with Crippen molar-refractivity contribution >= 4 is 5.91 Å². The number of amides is 1. The first-order valence-corrected chi connectivity index (χ1v) is 8.02. The van der Waals surface area contributed by atoms with Crippen LogP contribution in [0.3, 0.4) is 0 Å². The Morgan fingerprint density at radius 2 is 1.68 bits per heavy atom. The van der Waals surface area contributed by atoms with Crippen molar-refractivity contribution in [1.29, 1.82) is 0 Å². The van der Waals surface area contributed by atoms with Crippen molar-refractivity contribution < 1.29 is 4.79 Å². The number of hydrogen-bond acceptors (Lipinski definition) is 1. The Balaban J connectivity index is 0.00000154. The van der Waals surface area contributed by atoms with Crippen LogP contribution in [0.4, 0.5) is 0 Å². The largest absolute Gasteiger partial charge is 0.351 e. The van der Waals surface area contributed by atoms with Gasteiger partial charge in [-0.1, -0.05) is 41.0 Å². The monoisotopic (exact) mass is 269 g/mol. The van der Waals surface area contributed by atoms with Gasteiger partial charge in [0.25, 0.3) is 0 Å². The van der Waals surface area contributed by atoms with Crippen LogP contribution < -0.4 is 5.32 Å². The standard InChI is InChI=1S/C15H29NO.C2H6/c1-10(2)12-8-7-11(3)9-13(12)14(17)16-15(4,5)6;1-2/h10-13H,7-9H2,1-6H3,(H,16,17);1-2H3. The van der Waals surface area contributed by atoms with E-state index in [2.05, 4.69) is 46.9 Å². The van der Waals surface area contributed by atoms with Gasteiger partial charge in [-0.2, -0.15) is 0 Å². The smallest absolute Gasteiger partial charge is 0.223 e. The highest BCUT2D eigenvalue weighted by atomic mass is 16.2. The molecule has 1 aliphatic carbocycles. The molecule has 0 spiro atoms. The molecule has 0 aliphatic heterocycles. The van der Waals surface area contributed by atoms with Crippen LogP contribution in [-0.4, -0.2) is 11.4 Å². The molecule has 2 nitrogen and oxygen atoms in total. The summed E-state index contributed by atoms with van der Waals surface area (Å²) >= 11 is 0. The topological polar surface area (TPSA) is 29.1 Å². The second-order valence-corrected chi connectivity index (χ2v) is 7.17. The average molecular weight is 269 g/mol. The summed E-state index contributed by atoms with van der Waals surface area (Å²) in [5, 5.41) is 3.16. The molecule has 0 aromatic rings. The molecule has 3 atom stereocenters. The molecule has 1 fully saturated rings. The molecule has 0 radical (unpaired) electrons. The fourth-order valence-corrected chi connectivity index (χ4v) is 2.97. The minimum Gasteiger partial charge on any atom is -0.351 e. The Morgan fingerprint density at radius 3 is 2.11 bits per heavy atom. The summed E-state index contributed by atoms with van der Waals surface area (Å²) < 4.78 is 0. The van der Waals surface area contributed by atoms with E-state index in [0.717, 1.165) is 6.42 Å². The second kappa shape index (κ2) is 7.91. The van der Waals surface area contributed by atoms with Crippen LogP contribution in [-0.2, 0) is 4.79 Å². The van der Waals surface area contributed by atoms with E-state index in [-0.39, 0.29) is 17.4 Å². The van der Waals surface area contributed by atoms with Crippen LogP contribution in [0.1, 0.15) is 74.7 Å². The number of carbonyl (C=O) groups is 1. The van der Waals surface area contributed by atoms with E-state index in [0.29, 0.717) is 17.8 Å². The highest BCUT2D eigenvalue weighted by molar-refractivity contribution is 5.79. The third-order valence-electron chi connectivity index (χ3n) is 3.86. The predicted molar refractivity (Wildman–Crippen MR) is 84.1 cm³/mol. The Labute approximate surface area is 120 Å². The maximum Gasteiger partial charge on any atom is 0.223 e. The van der Waals surface area contributed by atoms with Gasteiger partial charge in [0.15, 0.2) is 0 Å². The molecule has 0 aromatic heterocycles. The number of nitrogens with one attached hydrogen (secondary N) is 1. The first-order chi connectivity index (χ1) is 8.70. The summed E-state index contributed by atoms with van der Waals surface area (Å²) in [4.78, 5) is 12.4. The van der Waals surface area contributed by atoms with E-state index in [1.165, 1.54) is 12.8 Å². The lowest BCUT2D eigenvalue weighted by Crippen LogP contribution is -2.47. The Hall–Kier alpha value is -0.530. The predicted octanol–water partition coefficient (Wildman–Crippen LogP) is 4.64. The van der Waals surface area contributed by atoms with Crippen molar-refractivity contribution in [3.05, 3.63) is 0 Å². The third kappa shape index (κ3) is 6.44. The van der Waals surface area contributed by atoms with Gasteiger partial charge >= 0.3 is 0 Å². The SMILES string of the molecule is CC.CC1CCC(C(C)C)C(C(=O)NC(C)(C)C)C1. The van der Waals surface area contributed by atoms with Gasteiger partial charge in [-0.25, -0.2) is 0 Å². The molecular formula is C17H35NO. The summed E-state index contributed by atoms with van der Waals surface area (Å²) in [5.41, 5.74) is -0.112. The average Bonchev–Trinajstić information content (AvgIpc) is 2.28. The van der Waals surface area contributed by atoms with E-state index < -0.39 is 0 Å². The fourth-order valence-electron chi connectivity index (χ4n) is 2.97. The lowest BCUT2D eigenvalue weighted by Gasteiger charge is -2.37. The molecule has 19 heavy (non-hydrogen) atoms. The van der Waals surface area contributed by atoms with Crippen molar-refractivity contribution in [3.63, 3.8) is 0 Å². The van der Waals surface area contributed by atoms with E-state index in [9.17, 15) is 4.79 Å². The normalized spacial score (nSPS) is 27.5. The first-order valence-electron chi connectivity index (χ1n) is 8.02. The highest BCUT2D eigenvalue weighted by Gasteiger charge is 2.36. The summed E-state index contributed by atoms with van der Waals surface area (Å²) in [7, 11) is 0. The van der Waals surface area contributed by atoms with Gasteiger partial charge < -0.3 is 5.32 Å². The second-order valence-electron chi connectivity index (χ2n) is 7.17. The van der Waals surface area contributed by atoms with E-state index in [1.54, 1.807) is 0 Å². The van der Waals surface area contributed by atoms with E-state index >= 15 is 0 Å². The van der Waals surface area contributed by atoms with Crippen molar-refractivity contribution in [1.82, 2.24) is 5.32 Å². The molecule has 3 unspecified atom stereocenters. The molecule has 0 bridgehead atoms. The van der Waals surface area contributed by atoms with E-state index in [1.807, 2.05) is 13.8 Å². The van der Waals surface area contributed by atoms with Gasteiger partial charge in [0.1, 0.15) is 0 Å². The molecule has 1 amide bonds. The van der Waals surface area contributed by atoms with Gasteiger partial charge in [0, 0.05) is 11.5 Å². The first kappa shape index (κ1) is 18.5.